The zero-order chi connectivity index (χ0) is 17.3. The monoisotopic (exact) mass is 347 g/mol. The number of carbonyl (C=O) groups is 2. The average molecular weight is 348 g/mol. The third-order valence-corrected chi connectivity index (χ3v) is 3.82. The summed E-state index contributed by atoms with van der Waals surface area (Å²) in [7, 11) is 0. The fraction of sp³-hybridized carbons (Fsp3) is 0.176. The summed E-state index contributed by atoms with van der Waals surface area (Å²) < 4.78 is 15.1. The molecule has 0 radical (unpaired) electrons. The second-order valence-electron chi connectivity index (χ2n) is 5.29. The van der Waals surface area contributed by atoms with E-state index in [-0.39, 0.29) is 16.5 Å². The molecule has 1 N–H and O–H groups in total. The Morgan fingerprint density at radius 3 is 2.79 bits per heavy atom. The number of anilines is 1. The number of hydrogen-bond donors (Lipinski definition) is 1. The Hall–Kier alpha value is -2.73. The van der Waals surface area contributed by atoms with Crippen LogP contribution in [0.3, 0.4) is 0 Å². The highest BCUT2D eigenvalue weighted by Gasteiger charge is 2.37. The van der Waals surface area contributed by atoms with Crippen LogP contribution >= 0.6 is 11.6 Å². The van der Waals surface area contributed by atoms with Gasteiger partial charge in [-0.05, 0) is 43.2 Å². The highest BCUT2D eigenvalue weighted by Crippen LogP contribution is 2.30. The van der Waals surface area contributed by atoms with Crippen molar-refractivity contribution in [1.82, 2.24) is 0 Å². The largest absolute Gasteiger partial charge is 0.457 e. The molecule has 2 aromatic rings. The molecular weight excluding hydrogens is 334 g/mol. The van der Waals surface area contributed by atoms with Crippen molar-refractivity contribution in [1.29, 1.82) is 0 Å². The van der Waals surface area contributed by atoms with Crippen molar-refractivity contribution in [2.75, 3.05) is 5.32 Å². The fourth-order valence-corrected chi connectivity index (χ4v) is 2.36. The summed E-state index contributed by atoms with van der Waals surface area (Å²) in [4.78, 5) is 23.7. The highest BCUT2D eigenvalue weighted by atomic mass is 35.5. The summed E-state index contributed by atoms with van der Waals surface area (Å²) >= 11 is 6.00. The lowest BCUT2D eigenvalue weighted by Crippen LogP contribution is -2.24. The third kappa shape index (κ3) is 3.14. The van der Waals surface area contributed by atoms with Gasteiger partial charge in [-0.1, -0.05) is 23.7 Å². The van der Waals surface area contributed by atoms with Gasteiger partial charge < -0.3 is 19.2 Å². The van der Waals surface area contributed by atoms with Crippen molar-refractivity contribution in [3.63, 3.8) is 0 Å². The minimum absolute atomic E-state index is 0.000146. The Bertz CT molecular complexity index is 826. The Balaban J connectivity index is 1.84. The van der Waals surface area contributed by atoms with E-state index in [9.17, 15) is 9.59 Å². The molecule has 1 aromatic carbocycles. The zero-order valence-corrected chi connectivity index (χ0v) is 13.7. The molecule has 0 aliphatic carbocycles. The molecular formula is C17H14ClNO5. The van der Waals surface area contributed by atoms with Gasteiger partial charge in [-0.2, -0.15) is 0 Å². The van der Waals surface area contributed by atoms with Crippen molar-refractivity contribution >= 4 is 29.2 Å². The smallest absolute Gasteiger partial charge is 0.377 e. The summed E-state index contributed by atoms with van der Waals surface area (Å²) in [6.07, 6.45) is 0.0810. The molecule has 0 saturated carbocycles. The molecule has 0 bridgehead atoms. The molecule has 1 aliphatic rings. The maximum Gasteiger partial charge on any atom is 0.377 e. The lowest BCUT2D eigenvalue weighted by molar-refractivity contribution is -0.152. The van der Waals surface area contributed by atoms with Crippen LogP contribution in [-0.2, 0) is 14.3 Å². The molecule has 2 heterocycles. The van der Waals surface area contributed by atoms with E-state index in [1.54, 1.807) is 6.07 Å². The SMILES string of the molecule is Cc1ccc(C)c(NC2=C(Cl)C(=O)O[C@@H]2OC(=O)c2ccco2)c1. The maximum absolute atomic E-state index is 12.0. The van der Waals surface area contributed by atoms with Gasteiger partial charge in [-0.15, -0.1) is 0 Å². The summed E-state index contributed by atoms with van der Waals surface area (Å²) in [6.45, 7) is 3.84. The topological polar surface area (TPSA) is 77.8 Å². The third-order valence-electron chi connectivity index (χ3n) is 3.46. The molecule has 0 saturated heterocycles. The van der Waals surface area contributed by atoms with Gasteiger partial charge in [0.15, 0.2) is 5.03 Å². The number of esters is 2. The van der Waals surface area contributed by atoms with Gasteiger partial charge in [0.1, 0.15) is 5.70 Å². The Morgan fingerprint density at radius 2 is 2.08 bits per heavy atom. The van der Waals surface area contributed by atoms with E-state index < -0.39 is 18.2 Å². The number of halogens is 1. The first-order chi connectivity index (χ1) is 11.5. The van der Waals surface area contributed by atoms with Crippen LogP contribution in [0.5, 0.6) is 0 Å². The van der Waals surface area contributed by atoms with E-state index >= 15 is 0 Å². The molecule has 0 amide bonds. The van der Waals surface area contributed by atoms with Crippen LogP contribution in [0.4, 0.5) is 5.69 Å². The fourth-order valence-electron chi connectivity index (χ4n) is 2.18. The Morgan fingerprint density at radius 1 is 1.29 bits per heavy atom. The number of nitrogens with one attached hydrogen (secondary N) is 1. The van der Waals surface area contributed by atoms with Crippen molar-refractivity contribution in [3.8, 4) is 0 Å². The normalized spacial score (nSPS) is 17.0. The molecule has 7 heteroatoms. The first kappa shape index (κ1) is 16.1. The second-order valence-corrected chi connectivity index (χ2v) is 5.67. The molecule has 1 aliphatic heterocycles. The van der Waals surface area contributed by atoms with Crippen molar-refractivity contribution in [3.05, 3.63) is 64.2 Å². The molecule has 0 fully saturated rings. The molecule has 24 heavy (non-hydrogen) atoms. The minimum atomic E-state index is -1.26. The summed E-state index contributed by atoms with van der Waals surface area (Å²) in [5, 5.41) is 2.87. The number of cyclic esters (lactones) is 1. The molecule has 124 valence electrons. The minimum Gasteiger partial charge on any atom is -0.457 e. The van der Waals surface area contributed by atoms with Crippen molar-refractivity contribution < 1.29 is 23.5 Å². The number of aryl methyl sites for hydroxylation is 2. The first-order valence-electron chi connectivity index (χ1n) is 7.15. The average Bonchev–Trinajstić information content (AvgIpc) is 3.16. The Kier molecular flexibility index (Phi) is 4.31. The Labute approximate surface area is 143 Å². The van der Waals surface area contributed by atoms with Gasteiger partial charge in [0.2, 0.25) is 5.76 Å². The lowest BCUT2D eigenvalue weighted by atomic mass is 10.1. The van der Waals surface area contributed by atoms with Gasteiger partial charge in [0.25, 0.3) is 6.29 Å². The second kappa shape index (κ2) is 6.41. The number of ether oxygens (including phenoxy) is 2. The summed E-state index contributed by atoms with van der Waals surface area (Å²) in [6, 6.07) is 8.77. The number of rotatable bonds is 4. The van der Waals surface area contributed by atoms with E-state index in [2.05, 4.69) is 5.32 Å². The standard InChI is InChI=1S/C17H14ClNO5/c1-9-5-6-10(2)11(8-9)19-14-13(18)16(21)24-17(14)23-15(20)12-4-3-7-22-12/h3-8,17,19H,1-2H3/t17-/m0/s1. The van der Waals surface area contributed by atoms with Crippen LogP contribution in [0.25, 0.3) is 0 Å². The van der Waals surface area contributed by atoms with Crippen LogP contribution < -0.4 is 5.32 Å². The molecule has 6 nitrogen and oxygen atoms in total. The van der Waals surface area contributed by atoms with E-state index in [1.165, 1.54) is 12.3 Å². The van der Waals surface area contributed by atoms with Gasteiger partial charge >= 0.3 is 11.9 Å². The van der Waals surface area contributed by atoms with E-state index in [0.717, 1.165) is 16.8 Å². The highest BCUT2D eigenvalue weighted by molar-refractivity contribution is 6.42. The van der Waals surface area contributed by atoms with E-state index in [4.69, 9.17) is 25.5 Å². The number of carbonyl (C=O) groups excluding carboxylic acids is 2. The summed E-state index contributed by atoms with van der Waals surface area (Å²) in [5.74, 6) is -1.52. The number of furan rings is 1. The number of hydrogen-bond acceptors (Lipinski definition) is 6. The van der Waals surface area contributed by atoms with Gasteiger partial charge in [0, 0.05) is 5.69 Å². The predicted molar refractivity (Wildman–Crippen MR) is 86.4 cm³/mol. The van der Waals surface area contributed by atoms with E-state index in [0.29, 0.717) is 0 Å². The molecule has 1 aromatic heterocycles. The predicted octanol–water partition coefficient (Wildman–Crippen LogP) is 3.50. The maximum atomic E-state index is 12.0. The van der Waals surface area contributed by atoms with Gasteiger partial charge in [-0.25, -0.2) is 9.59 Å². The molecule has 1 atom stereocenters. The molecule has 0 unspecified atom stereocenters. The van der Waals surface area contributed by atoms with Crippen LogP contribution in [0.1, 0.15) is 21.7 Å². The van der Waals surface area contributed by atoms with Crippen LogP contribution in [0, 0.1) is 13.8 Å². The number of benzene rings is 1. The van der Waals surface area contributed by atoms with Crippen LogP contribution in [-0.4, -0.2) is 18.2 Å². The van der Waals surface area contributed by atoms with Crippen LogP contribution in [0.2, 0.25) is 0 Å². The zero-order valence-electron chi connectivity index (χ0n) is 13.0. The molecule has 3 rings (SSSR count). The quantitative estimate of drug-likeness (QED) is 0.853. The van der Waals surface area contributed by atoms with Crippen molar-refractivity contribution in [2.24, 2.45) is 0 Å². The van der Waals surface area contributed by atoms with Gasteiger partial charge in [0.05, 0.1) is 6.26 Å². The van der Waals surface area contributed by atoms with Gasteiger partial charge in [-0.3, -0.25) is 0 Å². The summed E-state index contributed by atoms with van der Waals surface area (Å²) in [5.41, 5.74) is 2.87. The van der Waals surface area contributed by atoms with Crippen LogP contribution in [0.15, 0.2) is 51.7 Å². The van der Waals surface area contributed by atoms with E-state index in [1.807, 2.05) is 32.0 Å². The first-order valence-corrected chi connectivity index (χ1v) is 7.53. The lowest BCUT2D eigenvalue weighted by Gasteiger charge is -2.17. The molecule has 0 spiro atoms. The van der Waals surface area contributed by atoms with Crippen molar-refractivity contribution in [2.45, 2.75) is 20.1 Å².